The van der Waals surface area contributed by atoms with Gasteiger partial charge in [0.25, 0.3) is 0 Å². The van der Waals surface area contributed by atoms with Crippen molar-refractivity contribution in [1.82, 2.24) is 14.9 Å². The Morgan fingerprint density at radius 3 is 2.68 bits per heavy atom. The van der Waals surface area contributed by atoms with Crippen molar-refractivity contribution in [3.05, 3.63) is 11.9 Å². The normalized spacial score (nSPS) is 18.9. The third-order valence-corrected chi connectivity index (χ3v) is 5.17. The van der Waals surface area contributed by atoms with Gasteiger partial charge >= 0.3 is 0 Å². The lowest BCUT2D eigenvalue weighted by molar-refractivity contribution is 0.324. The minimum atomic E-state index is -3.67. The SMILES string of the molecule is Cc1[nH]ncc1S(=O)(=O)NC(C#N)C1CCCCC1. The second-order valence-electron chi connectivity index (χ2n) is 4.99. The number of nitrogens with one attached hydrogen (secondary N) is 2. The van der Waals surface area contributed by atoms with Crippen LogP contribution in [-0.2, 0) is 10.0 Å². The molecule has 2 rings (SSSR count). The van der Waals surface area contributed by atoms with Crippen molar-refractivity contribution in [2.75, 3.05) is 0 Å². The van der Waals surface area contributed by atoms with E-state index in [1.54, 1.807) is 6.92 Å². The molecule has 1 saturated carbocycles. The second kappa shape index (κ2) is 5.72. The number of aromatic nitrogens is 2. The van der Waals surface area contributed by atoms with Crippen molar-refractivity contribution in [2.45, 2.75) is 50.0 Å². The Balaban J connectivity index is 2.14. The molecule has 6 nitrogen and oxygen atoms in total. The Hall–Kier alpha value is -1.39. The Morgan fingerprint density at radius 2 is 2.16 bits per heavy atom. The van der Waals surface area contributed by atoms with Crippen LogP contribution in [0.1, 0.15) is 37.8 Å². The molecule has 0 amide bonds. The Labute approximate surface area is 113 Å². The lowest BCUT2D eigenvalue weighted by Gasteiger charge is -2.26. The smallest absolute Gasteiger partial charge is 0.245 e. The lowest BCUT2D eigenvalue weighted by Crippen LogP contribution is -2.40. The fourth-order valence-electron chi connectivity index (χ4n) is 2.54. The summed E-state index contributed by atoms with van der Waals surface area (Å²) in [5.41, 5.74) is 0.479. The van der Waals surface area contributed by atoms with Gasteiger partial charge < -0.3 is 0 Å². The van der Waals surface area contributed by atoms with Crippen molar-refractivity contribution in [2.24, 2.45) is 5.92 Å². The van der Waals surface area contributed by atoms with Crippen LogP contribution >= 0.6 is 0 Å². The minimum absolute atomic E-state index is 0.112. The quantitative estimate of drug-likeness (QED) is 0.873. The number of sulfonamides is 1. The highest BCUT2D eigenvalue weighted by Crippen LogP contribution is 2.27. The molecule has 0 aliphatic heterocycles. The maximum atomic E-state index is 12.2. The van der Waals surface area contributed by atoms with Crippen LogP contribution in [0.25, 0.3) is 0 Å². The average molecular weight is 282 g/mol. The van der Waals surface area contributed by atoms with Gasteiger partial charge in [0.2, 0.25) is 10.0 Å². The summed E-state index contributed by atoms with van der Waals surface area (Å²) in [5.74, 6) is 0.112. The van der Waals surface area contributed by atoms with Crippen LogP contribution in [0.2, 0.25) is 0 Å². The molecule has 0 saturated heterocycles. The Kier molecular flexibility index (Phi) is 4.22. The highest BCUT2D eigenvalue weighted by Gasteiger charge is 2.29. The molecular formula is C12H18N4O2S. The first-order valence-electron chi connectivity index (χ1n) is 6.46. The number of nitrogens with zero attached hydrogens (tertiary/aromatic N) is 2. The van der Waals surface area contributed by atoms with Crippen LogP contribution in [0.15, 0.2) is 11.1 Å². The van der Waals surface area contributed by atoms with E-state index in [1.807, 2.05) is 0 Å². The number of aryl methyl sites for hydroxylation is 1. The third kappa shape index (κ3) is 3.14. The molecule has 1 aromatic rings. The first kappa shape index (κ1) is 14.0. The van der Waals surface area contributed by atoms with Crippen LogP contribution in [0, 0.1) is 24.2 Å². The topological polar surface area (TPSA) is 98.6 Å². The molecule has 104 valence electrons. The van der Waals surface area contributed by atoms with Crippen LogP contribution in [-0.4, -0.2) is 24.7 Å². The number of hydrogen-bond donors (Lipinski definition) is 2. The number of H-pyrrole nitrogens is 1. The molecule has 7 heteroatoms. The third-order valence-electron chi connectivity index (χ3n) is 3.62. The predicted octanol–water partition coefficient (Wildman–Crippen LogP) is 1.47. The van der Waals surface area contributed by atoms with E-state index in [1.165, 1.54) is 12.6 Å². The Bertz CT molecular complexity index is 567. The molecule has 1 unspecified atom stereocenters. The van der Waals surface area contributed by atoms with E-state index in [9.17, 15) is 13.7 Å². The van der Waals surface area contributed by atoms with E-state index in [-0.39, 0.29) is 10.8 Å². The molecule has 0 bridgehead atoms. The summed E-state index contributed by atoms with van der Waals surface area (Å²) in [4.78, 5) is 0.114. The Morgan fingerprint density at radius 1 is 1.47 bits per heavy atom. The van der Waals surface area contributed by atoms with E-state index >= 15 is 0 Å². The number of aromatic amines is 1. The summed E-state index contributed by atoms with van der Waals surface area (Å²) in [7, 11) is -3.67. The van der Waals surface area contributed by atoms with Crippen molar-refractivity contribution in [3.63, 3.8) is 0 Å². The molecule has 1 atom stereocenters. The fourth-order valence-corrected chi connectivity index (χ4v) is 3.88. The summed E-state index contributed by atoms with van der Waals surface area (Å²) < 4.78 is 26.9. The van der Waals surface area contributed by atoms with Gasteiger partial charge in [0, 0.05) is 0 Å². The van der Waals surface area contributed by atoms with Gasteiger partial charge in [-0.25, -0.2) is 8.42 Å². The fraction of sp³-hybridized carbons (Fsp3) is 0.667. The van der Waals surface area contributed by atoms with E-state index in [0.29, 0.717) is 5.69 Å². The summed E-state index contributed by atoms with van der Waals surface area (Å²) >= 11 is 0. The molecule has 1 aliphatic carbocycles. The zero-order valence-corrected chi connectivity index (χ0v) is 11.7. The largest absolute Gasteiger partial charge is 0.281 e. The van der Waals surface area contributed by atoms with Gasteiger partial charge in [-0.05, 0) is 25.7 Å². The molecule has 1 heterocycles. The van der Waals surface area contributed by atoms with Gasteiger partial charge in [-0.2, -0.15) is 15.1 Å². The van der Waals surface area contributed by atoms with Crippen LogP contribution in [0.3, 0.4) is 0 Å². The zero-order valence-electron chi connectivity index (χ0n) is 10.9. The minimum Gasteiger partial charge on any atom is -0.281 e. The molecule has 0 radical (unpaired) electrons. The van der Waals surface area contributed by atoms with Gasteiger partial charge in [-0.15, -0.1) is 0 Å². The number of hydrogen-bond acceptors (Lipinski definition) is 4. The first-order chi connectivity index (χ1) is 9.04. The van der Waals surface area contributed by atoms with Gasteiger partial charge in [0.1, 0.15) is 10.9 Å². The number of rotatable bonds is 4. The van der Waals surface area contributed by atoms with Gasteiger partial charge in [0.05, 0.1) is 18.0 Å². The van der Waals surface area contributed by atoms with Crippen molar-refractivity contribution in [1.29, 1.82) is 5.26 Å². The highest BCUT2D eigenvalue weighted by molar-refractivity contribution is 7.89. The molecular weight excluding hydrogens is 264 g/mol. The highest BCUT2D eigenvalue weighted by atomic mass is 32.2. The molecule has 1 fully saturated rings. The average Bonchev–Trinajstić information content (AvgIpc) is 2.84. The zero-order chi connectivity index (χ0) is 13.9. The molecule has 1 aromatic heterocycles. The summed E-state index contributed by atoms with van der Waals surface area (Å²) in [6.45, 7) is 1.64. The molecule has 19 heavy (non-hydrogen) atoms. The van der Waals surface area contributed by atoms with E-state index in [4.69, 9.17) is 0 Å². The maximum absolute atomic E-state index is 12.2. The second-order valence-corrected chi connectivity index (χ2v) is 6.67. The number of nitriles is 1. The standard InChI is InChI=1S/C12H18N4O2S/c1-9-12(8-14-15-9)19(17,18)16-11(7-13)10-5-3-2-4-6-10/h8,10-11,16H,2-6H2,1H3,(H,14,15). The van der Waals surface area contributed by atoms with Crippen molar-refractivity contribution < 1.29 is 8.42 Å². The van der Waals surface area contributed by atoms with Crippen molar-refractivity contribution >= 4 is 10.0 Å². The van der Waals surface area contributed by atoms with E-state index < -0.39 is 16.1 Å². The predicted molar refractivity (Wildman–Crippen MR) is 69.6 cm³/mol. The lowest BCUT2D eigenvalue weighted by atomic mass is 9.85. The maximum Gasteiger partial charge on any atom is 0.245 e. The monoisotopic (exact) mass is 282 g/mol. The van der Waals surface area contributed by atoms with Crippen LogP contribution in [0.4, 0.5) is 0 Å². The van der Waals surface area contributed by atoms with E-state index in [0.717, 1.165) is 25.7 Å². The molecule has 0 aromatic carbocycles. The van der Waals surface area contributed by atoms with Gasteiger partial charge in [-0.3, -0.25) is 5.10 Å². The molecule has 1 aliphatic rings. The first-order valence-corrected chi connectivity index (χ1v) is 7.95. The van der Waals surface area contributed by atoms with Crippen molar-refractivity contribution in [3.8, 4) is 6.07 Å². The molecule has 0 spiro atoms. The van der Waals surface area contributed by atoms with Gasteiger partial charge in [-0.1, -0.05) is 19.3 Å². The van der Waals surface area contributed by atoms with Crippen LogP contribution in [0.5, 0.6) is 0 Å². The summed E-state index contributed by atoms with van der Waals surface area (Å²) in [6, 6.07) is 1.44. The summed E-state index contributed by atoms with van der Waals surface area (Å²) in [6.07, 6.45) is 6.38. The van der Waals surface area contributed by atoms with Crippen LogP contribution < -0.4 is 4.72 Å². The van der Waals surface area contributed by atoms with E-state index in [2.05, 4.69) is 21.0 Å². The van der Waals surface area contributed by atoms with Gasteiger partial charge in [0.15, 0.2) is 0 Å². The molecule has 2 N–H and O–H groups in total. The summed E-state index contributed by atoms with van der Waals surface area (Å²) in [5, 5.41) is 15.5.